The Kier molecular flexibility index (Phi) is 4.47. The average Bonchev–Trinajstić information content (AvgIpc) is 2.29. The maximum atomic E-state index is 11.9. The van der Waals surface area contributed by atoms with Gasteiger partial charge in [0.1, 0.15) is 10.3 Å². The maximum absolute atomic E-state index is 11.9. The third kappa shape index (κ3) is 3.30. The topological polar surface area (TPSA) is 42.0 Å². The molecule has 1 heterocycles. The molecule has 0 aromatic carbocycles. The molecule has 16 heavy (non-hydrogen) atoms. The highest BCUT2D eigenvalue weighted by Gasteiger charge is 2.22. The zero-order valence-electron chi connectivity index (χ0n) is 9.88. The largest absolute Gasteiger partial charge is 0.346 e. The van der Waals surface area contributed by atoms with Gasteiger partial charge in [-0.3, -0.25) is 4.79 Å². The monoisotopic (exact) mass is 284 g/mol. The molecule has 1 N–H and O–H groups in total. The van der Waals surface area contributed by atoms with Crippen LogP contribution < -0.4 is 5.32 Å². The number of pyridine rings is 1. The molecule has 1 rings (SSSR count). The van der Waals surface area contributed by atoms with Crippen LogP contribution in [0.1, 0.15) is 44.1 Å². The summed E-state index contributed by atoms with van der Waals surface area (Å²) in [6, 6.07) is 5.32. The normalized spacial score (nSPS) is 11.2. The van der Waals surface area contributed by atoms with Crippen molar-refractivity contribution in [1.82, 2.24) is 10.3 Å². The Labute approximate surface area is 105 Å². The third-order valence-electron chi connectivity index (χ3n) is 2.92. The van der Waals surface area contributed by atoms with Crippen LogP contribution in [0.5, 0.6) is 0 Å². The van der Waals surface area contributed by atoms with Gasteiger partial charge in [0.05, 0.1) is 0 Å². The van der Waals surface area contributed by atoms with Crippen molar-refractivity contribution in [3.63, 3.8) is 0 Å². The van der Waals surface area contributed by atoms with E-state index in [-0.39, 0.29) is 11.4 Å². The van der Waals surface area contributed by atoms with E-state index in [1.165, 1.54) is 0 Å². The number of hydrogen-bond donors (Lipinski definition) is 1. The zero-order chi connectivity index (χ0) is 12.2. The first-order valence-corrected chi connectivity index (χ1v) is 6.25. The molecule has 1 aromatic heterocycles. The molecule has 0 radical (unpaired) electrons. The number of nitrogens with one attached hydrogen (secondary N) is 1. The van der Waals surface area contributed by atoms with Crippen molar-refractivity contribution in [2.45, 2.75) is 39.2 Å². The number of aromatic nitrogens is 1. The maximum Gasteiger partial charge on any atom is 0.270 e. The van der Waals surface area contributed by atoms with Gasteiger partial charge in [0.25, 0.3) is 5.91 Å². The molecule has 4 heteroatoms. The lowest BCUT2D eigenvalue weighted by atomic mass is 9.95. The third-order valence-corrected chi connectivity index (χ3v) is 3.37. The lowest BCUT2D eigenvalue weighted by molar-refractivity contribution is 0.0895. The van der Waals surface area contributed by atoms with E-state index in [1.807, 2.05) is 6.92 Å². The molecular formula is C12H17BrN2O. The van der Waals surface area contributed by atoms with Crippen molar-refractivity contribution in [2.24, 2.45) is 0 Å². The van der Waals surface area contributed by atoms with Gasteiger partial charge in [-0.25, -0.2) is 4.98 Å². The molecule has 1 amide bonds. The molecule has 0 spiro atoms. The zero-order valence-corrected chi connectivity index (χ0v) is 11.5. The van der Waals surface area contributed by atoms with Gasteiger partial charge in [-0.1, -0.05) is 19.9 Å². The molecule has 0 saturated heterocycles. The Morgan fingerprint density at radius 1 is 1.44 bits per heavy atom. The standard InChI is InChI=1S/C12H17BrN2O/c1-4-12(3,5-2)15-11(16)9-7-6-8-10(13)14-9/h6-8H,4-5H2,1-3H3,(H,15,16). The van der Waals surface area contributed by atoms with Gasteiger partial charge in [-0.2, -0.15) is 0 Å². The van der Waals surface area contributed by atoms with Gasteiger partial charge >= 0.3 is 0 Å². The molecule has 0 fully saturated rings. The lowest BCUT2D eigenvalue weighted by Gasteiger charge is -2.27. The second kappa shape index (κ2) is 5.43. The second-order valence-corrected chi connectivity index (χ2v) is 4.88. The summed E-state index contributed by atoms with van der Waals surface area (Å²) in [5.41, 5.74) is 0.295. The molecule has 1 aromatic rings. The summed E-state index contributed by atoms with van der Waals surface area (Å²) in [5, 5.41) is 3.01. The summed E-state index contributed by atoms with van der Waals surface area (Å²) in [4.78, 5) is 16.1. The molecule has 3 nitrogen and oxygen atoms in total. The van der Waals surface area contributed by atoms with E-state index in [1.54, 1.807) is 18.2 Å². The van der Waals surface area contributed by atoms with E-state index >= 15 is 0 Å². The van der Waals surface area contributed by atoms with E-state index in [0.717, 1.165) is 12.8 Å². The van der Waals surface area contributed by atoms with Crippen molar-refractivity contribution >= 4 is 21.8 Å². The summed E-state index contributed by atoms with van der Waals surface area (Å²) in [6.45, 7) is 6.18. The molecule has 0 aliphatic rings. The van der Waals surface area contributed by atoms with Gasteiger partial charge in [-0.05, 0) is 47.8 Å². The van der Waals surface area contributed by atoms with Crippen molar-refractivity contribution in [2.75, 3.05) is 0 Å². The number of amides is 1. The number of halogens is 1. The number of hydrogen-bond acceptors (Lipinski definition) is 2. The van der Waals surface area contributed by atoms with Crippen molar-refractivity contribution < 1.29 is 4.79 Å². The predicted octanol–water partition coefficient (Wildman–Crippen LogP) is 3.15. The summed E-state index contributed by atoms with van der Waals surface area (Å²) in [5.74, 6) is -0.118. The van der Waals surface area contributed by atoms with Gasteiger partial charge in [0, 0.05) is 5.54 Å². The van der Waals surface area contributed by atoms with Crippen LogP contribution in [0.2, 0.25) is 0 Å². The predicted molar refractivity (Wildman–Crippen MR) is 68.4 cm³/mol. The summed E-state index contributed by atoms with van der Waals surface area (Å²) >= 11 is 3.25. The minimum Gasteiger partial charge on any atom is -0.346 e. The second-order valence-electron chi connectivity index (χ2n) is 4.07. The van der Waals surface area contributed by atoms with E-state index in [2.05, 4.69) is 40.1 Å². The smallest absolute Gasteiger partial charge is 0.270 e. The first kappa shape index (κ1) is 13.2. The van der Waals surface area contributed by atoms with Crippen LogP contribution >= 0.6 is 15.9 Å². The molecule has 88 valence electrons. The summed E-state index contributed by atoms with van der Waals surface area (Å²) in [7, 11) is 0. The molecule has 0 aliphatic heterocycles. The van der Waals surface area contributed by atoms with Gasteiger partial charge in [0.15, 0.2) is 0 Å². The number of carbonyl (C=O) groups excluding carboxylic acids is 1. The SMILES string of the molecule is CCC(C)(CC)NC(=O)c1cccc(Br)n1. The van der Waals surface area contributed by atoms with Gasteiger partial charge in [-0.15, -0.1) is 0 Å². The van der Waals surface area contributed by atoms with Crippen LogP contribution in [0.4, 0.5) is 0 Å². The molecular weight excluding hydrogens is 268 g/mol. The fraction of sp³-hybridized carbons (Fsp3) is 0.500. The van der Waals surface area contributed by atoms with Crippen molar-refractivity contribution in [3.05, 3.63) is 28.5 Å². The first-order chi connectivity index (χ1) is 7.50. The van der Waals surface area contributed by atoms with Crippen molar-refractivity contribution in [1.29, 1.82) is 0 Å². The van der Waals surface area contributed by atoms with E-state index in [9.17, 15) is 4.79 Å². The average molecular weight is 285 g/mol. The fourth-order valence-electron chi connectivity index (χ4n) is 1.30. The highest BCUT2D eigenvalue weighted by molar-refractivity contribution is 9.10. The van der Waals surface area contributed by atoms with Crippen LogP contribution in [-0.2, 0) is 0 Å². The van der Waals surface area contributed by atoms with Crippen molar-refractivity contribution in [3.8, 4) is 0 Å². The number of rotatable bonds is 4. The molecule has 0 bridgehead atoms. The number of carbonyl (C=O) groups is 1. The molecule has 0 atom stereocenters. The molecule has 0 aliphatic carbocycles. The minimum atomic E-state index is -0.152. The van der Waals surface area contributed by atoms with E-state index < -0.39 is 0 Å². The Morgan fingerprint density at radius 2 is 2.06 bits per heavy atom. The Bertz CT molecular complexity index is 375. The fourth-order valence-corrected chi connectivity index (χ4v) is 1.64. The van der Waals surface area contributed by atoms with Crippen LogP contribution in [0.25, 0.3) is 0 Å². The highest BCUT2D eigenvalue weighted by Crippen LogP contribution is 2.15. The van der Waals surface area contributed by atoms with Gasteiger partial charge in [0.2, 0.25) is 0 Å². The Hall–Kier alpha value is -0.900. The van der Waals surface area contributed by atoms with Crippen LogP contribution in [0, 0.1) is 0 Å². The van der Waals surface area contributed by atoms with Crippen LogP contribution in [0.15, 0.2) is 22.8 Å². The summed E-state index contributed by atoms with van der Waals surface area (Å²) in [6.07, 6.45) is 1.81. The molecule has 0 saturated carbocycles. The quantitative estimate of drug-likeness (QED) is 0.863. The van der Waals surface area contributed by atoms with E-state index in [4.69, 9.17) is 0 Å². The Morgan fingerprint density at radius 3 is 2.56 bits per heavy atom. The summed E-state index contributed by atoms with van der Waals surface area (Å²) < 4.78 is 0.676. The lowest BCUT2D eigenvalue weighted by Crippen LogP contribution is -2.45. The molecule has 0 unspecified atom stereocenters. The van der Waals surface area contributed by atoms with Gasteiger partial charge < -0.3 is 5.32 Å². The minimum absolute atomic E-state index is 0.118. The Balaban J connectivity index is 2.80. The van der Waals surface area contributed by atoms with E-state index in [0.29, 0.717) is 10.3 Å². The van der Waals surface area contributed by atoms with Crippen LogP contribution in [0.3, 0.4) is 0 Å². The number of nitrogens with zero attached hydrogens (tertiary/aromatic N) is 1. The first-order valence-electron chi connectivity index (χ1n) is 5.46. The van der Waals surface area contributed by atoms with Crippen LogP contribution in [-0.4, -0.2) is 16.4 Å². The highest BCUT2D eigenvalue weighted by atomic mass is 79.9.